The summed E-state index contributed by atoms with van der Waals surface area (Å²) in [7, 11) is 3.39. The van der Waals surface area contributed by atoms with E-state index in [1.54, 1.807) is 48.3 Å². The van der Waals surface area contributed by atoms with Crippen molar-refractivity contribution in [2.75, 3.05) is 7.05 Å². The number of hydrogen-bond donors (Lipinski definition) is 2. The van der Waals surface area contributed by atoms with E-state index < -0.39 is 0 Å². The summed E-state index contributed by atoms with van der Waals surface area (Å²) in [5.41, 5.74) is 2.21. The number of nitrogens with one attached hydrogen (secondary N) is 2. The number of rotatable bonds is 6. The molecule has 0 radical (unpaired) electrons. The van der Waals surface area contributed by atoms with Gasteiger partial charge in [-0.2, -0.15) is 5.10 Å². The van der Waals surface area contributed by atoms with Gasteiger partial charge in [-0.1, -0.05) is 19.1 Å². The number of furan rings is 1. The summed E-state index contributed by atoms with van der Waals surface area (Å²) in [6.07, 6.45) is 4.41. The van der Waals surface area contributed by atoms with Gasteiger partial charge in [-0.15, -0.1) is 0 Å². The van der Waals surface area contributed by atoms with Crippen molar-refractivity contribution in [2.45, 2.75) is 19.4 Å². The van der Waals surface area contributed by atoms with Crippen molar-refractivity contribution in [3.8, 4) is 11.3 Å². The fourth-order valence-corrected chi connectivity index (χ4v) is 2.83. The van der Waals surface area contributed by atoms with Gasteiger partial charge in [-0.05, 0) is 30.7 Å². The van der Waals surface area contributed by atoms with Crippen LogP contribution >= 0.6 is 0 Å². The molecule has 0 aliphatic heterocycles. The lowest BCUT2D eigenvalue weighted by Crippen LogP contribution is -2.27. The number of benzene rings is 1. The van der Waals surface area contributed by atoms with Crippen LogP contribution < -0.4 is 10.6 Å². The standard InChI is InChI=1S/C20H22N4O3/c1-4-16(15-11-22-24(3)12-15)23-19(25)14-7-5-6-13(10-14)17-8-9-18(27-17)20(26)21-2/h5-12,16H,4H2,1-3H3,(H,21,26)(H,23,25)/t16-/m0/s1. The first-order chi connectivity index (χ1) is 13.0. The third kappa shape index (κ3) is 4.08. The van der Waals surface area contributed by atoms with Crippen LogP contribution in [0.15, 0.2) is 53.2 Å². The minimum absolute atomic E-state index is 0.113. The molecule has 7 heteroatoms. The Labute approximate surface area is 157 Å². The Kier molecular flexibility index (Phi) is 5.40. The number of aryl methyl sites for hydroxylation is 1. The number of carbonyl (C=O) groups excluding carboxylic acids is 2. The third-order valence-corrected chi connectivity index (χ3v) is 4.31. The maximum absolute atomic E-state index is 12.7. The predicted octanol–water partition coefficient (Wildman–Crippen LogP) is 2.92. The van der Waals surface area contributed by atoms with Gasteiger partial charge in [0, 0.05) is 37.0 Å². The van der Waals surface area contributed by atoms with Crippen LogP contribution in [0.5, 0.6) is 0 Å². The van der Waals surface area contributed by atoms with E-state index in [0.29, 0.717) is 11.3 Å². The maximum atomic E-state index is 12.7. The van der Waals surface area contributed by atoms with Crippen molar-refractivity contribution in [3.05, 3.63) is 65.7 Å². The molecule has 3 rings (SSSR count). The Morgan fingerprint density at radius 1 is 1.22 bits per heavy atom. The minimum Gasteiger partial charge on any atom is -0.451 e. The van der Waals surface area contributed by atoms with E-state index in [0.717, 1.165) is 17.5 Å². The van der Waals surface area contributed by atoms with Crippen molar-refractivity contribution >= 4 is 11.8 Å². The van der Waals surface area contributed by atoms with Crippen LogP contribution in [-0.4, -0.2) is 28.6 Å². The van der Waals surface area contributed by atoms with Gasteiger partial charge in [0.25, 0.3) is 11.8 Å². The lowest BCUT2D eigenvalue weighted by Gasteiger charge is -2.15. The number of nitrogens with zero attached hydrogens (tertiary/aromatic N) is 2. The van der Waals surface area contributed by atoms with Crippen LogP contribution in [0.3, 0.4) is 0 Å². The van der Waals surface area contributed by atoms with Gasteiger partial charge in [-0.3, -0.25) is 14.3 Å². The normalized spacial score (nSPS) is 11.8. The van der Waals surface area contributed by atoms with Gasteiger partial charge in [-0.25, -0.2) is 0 Å². The Balaban J connectivity index is 1.79. The molecule has 0 spiro atoms. The second-order valence-corrected chi connectivity index (χ2v) is 6.21. The molecule has 0 saturated carbocycles. The highest BCUT2D eigenvalue weighted by Gasteiger charge is 2.17. The second kappa shape index (κ2) is 7.90. The fraction of sp³-hybridized carbons (Fsp3) is 0.250. The summed E-state index contributed by atoms with van der Waals surface area (Å²) in [6.45, 7) is 2.01. The van der Waals surface area contributed by atoms with Gasteiger partial charge in [0.1, 0.15) is 5.76 Å². The first-order valence-electron chi connectivity index (χ1n) is 8.73. The van der Waals surface area contributed by atoms with Crippen molar-refractivity contribution in [1.29, 1.82) is 0 Å². The Bertz CT molecular complexity index is 958. The molecular formula is C20H22N4O3. The van der Waals surface area contributed by atoms with Gasteiger partial charge >= 0.3 is 0 Å². The van der Waals surface area contributed by atoms with E-state index in [1.165, 1.54) is 0 Å². The number of carbonyl (C=O) groups is 2. The second-order valence-electron chi connectivity index (χ2n) is 6.21. The molecule has 1 aromatic carbocycles. The first-order valence-corrected chi connectivity index (χ1v) is 8.73. The lowest BCUT2D eigenvalue weighted by molar-refractivity contribution is 0.0927. The maximum Gasteiger partial charge on any atom is 0.286 e. The number of aromatic nitrogens is 2. The Morgan fingerprint density at radius 2 is 2.04 bits per heavy atom. The van der Waals surface area contributed by atoms with E-state index >= 15 is 0 Å². The van der Waals surface area contributed by atoms with E-state index in [1.807, 2.05) is 26.2 Å². The van der Waals surface area contributed by atoms with Gasteiger partial charge in [0.05, 0.1) is 12.2 Å². The van der Waals surface area contributed by atoms with E-state index in [-0.39, 0.29) is 23.6 Å². The highest BCUT2D eigenvalue weighted by atomic mass is 16.3. The third-order valence-electron chi connectivity index (χ3n) is 4.31. The summed E-state index contributed by atoms with van der Waals surface area (Å²) in [5, 5.41) is 9.72. The molecule has 0 bridgehead atoms. The summed E-state index contributed by atoms with van der Waals surface area (Å²) in [4.78, 5) is 24.4. The number of hydrogen-bond acceptors (Lipinski definition) is 4. The lowest BCUT2D eigenvalue weighted by atomic mass is 10.1. The summed E-state index contributed by atoms with van der Waals surface area (Å²) < 4.78 is 7.29. The molecule has 2 N–H and O–H groups in total. The molecule has 0 aliphatic carbocycles. The largest absolute Gasteiger partial charge is 0.451 e. The van der Waals surface area contributed by atoms with Crippen LogP contribution in [0.25, 0.3) is 11.3 Å². The summed E-state index contributed by atoms with van der Waals surface area (Å²) in [5.74, 6) is 0.288. The molecule has 2 aromatic heterocycles. The molecule has 3 aromatic rings. The van der Waals surface area contributed by atoms with Gasteiger partial charge < -0.3 is 15.1 Å². The van der Waals surface area contributed by atoms with Crippen molar-refractivity contribution in [2.24, 2.45) is 7.05 Å². The highest BCUT2D eigenvalue weighted by Crippen LogP contribution is 2.24. The minimum atomic E-state index is -0.294. The summed E-state index contributed by atoms with van der Waals surface area (Å²) >= 11 is 0. The van der Waals surface area contributed by atoms with E-state index in [9.17, 15) is 9.59 Å². The van der Waals surface area contributed by atoms with E-state index in [2.05, 4.69) is 15.7 Å². The molecule has 0 fully saturated rings. The highest BCUT2D eigenvalue weighted by molar-refractivity contribution is 5.96. The molecule has 0 saturated heterocycles. The van der Waals surface area contributed by atoms with Crippen molar-refractivity contribution in [1.82, 2.24) is 20.4 Å². The molecule has 140 valence electrons. The molecule has 2 amide bonds. The molecule has 1 atom stereocenters. The molecular weight excluding hydrogens is 344 g/mol. The van der Waals surface area contributed by atoms with Crippen LogP contribution in [0.2, 0.25) is 0 Å². The zero-order valence-electron chi connectivity index (χ0n) is 15.5. The van der Waals surface area contributed by atoms with Crippen LogP contribution in [0.1, 0.15) is 45.9 Å². The smallest absolute Gasteiger partial charge is 0.286 e. The molecule has 0 unspecified atom stereocenters. The van der Waals surface area contributed by atoms with Crippen LogP contribution in [0, 0.1) is 0 Å². The number of amides is 2. The van der Waals surface area contributed by atoms with Gasteiger partial charge in [0.15, 0.2) is 5.76 Å². The average molecular weight is 366 g/mol. The van der Waals surface area contributed by atoms with Crippen molar-refractivity contribution < 1.29 is 14.0 Å². The van der Waals surface area contributed by atoms with E-state index in [4.69, 9.17) is 4.42 Å². The fourth-order valence-electron chi connectivity index (χ4n) is 2.83. The van der Waals surface area contributed by atoms with Crippen LogP contribution in [0.4, 0.5) is 0 Å². The molecule has 0 aliphatic rings. The van der Waals surface area contributed by atoms with Gasteiger partial charge in [0.2, 0.25) is 0 Å². The SMILES string of the molecule is CC[C@H](NC(=O)c1cccc(-c2ccc(C(=O)NC)o2)c1)c1cnn(C)c1. The predicted molar refractivity (Wildman–Crippen MR) is 101 cm³/mol. The zero-order chi connectivity index (χ0) is 19.4. The Morgan fingerprint density at radius 3 is 2.70 bits per heavy atom. The monoisotopic (exact) mass is 366 g/mol. The van der Waals surface area contributed by atoms with Crippen molar-refractivity contribution in [3.63, 3.8) is 0 Å². The zero-order valence-corrected chi connectivity index (χ0v) is 15.5. The quantitative estimate of drug-likeness (QED) is 0.702. The summed E-state index contributed by atoms with van der Waals surface area (Å²) in [6, 6.07) is 10.3. The average Bonchev–Trinajstić information content (AvgIpc) is 3.35. The topological polar surface area (TPSA) is 89.2 Å². The Hall–Kier alpha value is -3.35. The van der Waals surface area contributed by atoms with Crippen LogP contribution in [-0.2, 0) is 7.05 Å². The molecule has 7 nitrogen and oxygen atoms in total. The molecule has 27 heavy (non-hydrogen) atoms. The molecule has 2 heterocycles. The first kappa shape index (κ1) is 18.4.